The molecule has 4 N–H and O–H groups in total. The van der Waals surface area contributed by atoms with Crippen LogP contribution in [0.15, 0.2) is 47.6 Å². The zero-order chi connectivity index (χ0) is 58.7. The lowest BCUT2D eigenvalue weighted by atomic mass is 9.78. The maximum absolute atomic E-state index is 14.5. The van der Waals surface area contributed by atoms with E-state index in [1.54, 1.807) is 27.7 Å². The Kier molecular flexibility index (Phi) is 23.9. The van der Waals surface area contributed by atoms with Gasteiger partial charge in [0.2, 0.25) is 5.79 Å². The van der Waals surface area contributed by atoms with Gasteiger partial charge in [-0.2, -0.15) is 26.3 Å². The van der Waals surface area contributed by atoms with Gasteiger partial charge in [0.05, 0.1) is 18.3 Å². The van der Waals surface area contributed by atoms with Crippen molar-refractivity contribution in [2.75, 3.05) is 27.9 Å². The molecular formula is C55H80F6N2O15. The number of carbonyl (C=O) groups is 6. The van der Waals surface area contributed by atoms with E-state index in [0.29, 0.717) is 37.4 Å². The molecule has 1 saturated carbocycles. The quantitative estimate of drug-likeness (QED) is 0.0599. The predicted molar refractivity (Wildman–Crippen MR) is 270 cm³/mol. The molecule has 2 amide bonds. The van der Waals surface area contributed by atoms with Crippen LogP contribution in [0.25, 0.3) is 0 Å². The number of ketones is 3. The number of alkyl carbamates (subject to hydrolysis) is 1. The van der Waals surface area contributed by atoms with Gasteiger partial charge in [0.1, 0.15) is 36.2 Å². The van der Waals surface area contributed by atoms with Crippen molar-refractivity contribution in [2.24, 2.45) is 35.5 Å². The number of hydrogen-bond donors (Lipinski definition) is 4. The number of allylic oxidation sites excluding steroid dienone is 6. The van der Waals surface area contributed by atoms with Gasteiger partial charge in [0.15, 0.2) is 5.78 Å². The van der Waals surface area contributed by atoms with Crippen molar-refractivity contribution in [1.29, 1.82) is 0 Å². The molecule has 17 nitrogen and oxygen atoms in total. The maximum atomic E-state index is 14.5. The van der Waals surface area contributed by atoms with Crippen molar-refractivity contribution < 1.29 is 98.9 Å². The van der Waals surface area contributed by atoms with Gasteiger partial charge in [-0.05, 0) is 107 Å². The van der Waals surface area contributed by atoms with E-state index < -0.39 is 132 Å². The number of nitrogens with zero attached hydrogens (tertiary/aromatic N) is 1. The van der Waals surface area contributed by atoms with Crippen molar-refractivity contribution in [3.63, 3.8) is 0 Å². The minimum absolute atomic E-state index is 0.0248. The van der Waals surface area contributed by atoms with Gasteiger partial charge in [0, 0.05) is 58.5 Å². The number of halogens is 6. The van der Waals surface area contributed by atoms with E-state index >= 15 is 0 Å². The van der Waals surface area contributed by atoms with E-state index in [1.165, 1.54) is 34.3 Å². The molecule has 0 aromatic heterocycles. The van der Waals surface area contributed by atoms with Crippen LogP contribution in [0.1, 0.15) is 126 Å². The van der Waals surface area contributed by atoms with Crippen LogP contribution in [0.2, 0.25) is 0 Å². The van der Waals surface area contributed by atoms with Crippen LogP contribution in [-0.2, 0) is 52.4 Å². The number of methoxy groups -OCH3 is 3. The Balaban J connectivity index is 1.68. The molecule has 2 saturated heterocycles. The van der Waals surface area contributed by atoms with Gasteiger partial charge in [0.25, 0.3) is 11.7 Å². The van der Waals surface area contributed by atoms with Crippen molar-refractivity contribution in [1.82, 2.24) is 10.2 Å². The molecular weight excluding hydrogens is 1040 g/mol. The molecule has 2 bridgehead atoms. The lowest BCUT2D eigenvalue weighted by Crippen LogP contribution is -2.68. The molecule has 3 heterocycles. The molecule has 3 aliphatic heterocycles. The second kappa shape index (κ2) is 28.3. The Bertz CT molecular complexity index is 2200. The Morgan fingerprint density at radius 2 is 1.51 bits per heavy atom. The molecule has 0 radical (unpaired) electrons. The fraction of sp³-hybridized carbons (Fsp3) is 0.745. The number of hydrogen-bond acceptors (Lipinski definition) is 15. The molecule has 1 aliphatic carbocycles. The Morgan fingerprint density at radius 3 is 2.13 bits per heavy atom. The Morgan fingerprint density at radius 1 is 0.846 bits per heavy atom. The summed E-state index contributed by atoms with van der Waals surface area (Å²) in [6.45, 7) is 11.8. The highest BCUT2D eigenvalue weighted by molar-refractivity contribution is 6.39. The summed E-state index contributed by atoms with van der Waals surface area (Å²) >= 11 is 0. The summed E-state index contributed by atoms with van der Waals surface area (Å²) in [6.07, 6.45) is -9.72. The van der Waals surface area contributed by atoms with Gasteiger partial charge < -0.3 is 48.6 Å². The summed E-state index contributed by atoms with van der Waals surface area (Å²) < 4.78 is 114. The van der Waals surface area contributed by atoms with Gasteiger partial charge >= 0.3 is 30.1 Å². The van der Waals surface area contributed by atoms with Crippen molar-refractivity contribution in [3.05, 3.63) is 47.6 Å². The highest BCUT2D eigenvalue weighted by Crippen LogP contribution is 2.42. The first-order valence-electron chi connectivity index (χ1n) is 26.7. The predicted octanol–water partition coefficient (Wildman–Crippen LogP) is 7.73. The first kappa shape index (κ1) is 66.0. The maximum Gasteiger partial charge on any atom is 0.446 e. The summed E-state index contributed by atoms with van der Waals surface area (Å²) in [6, 6.07) is -1.34. The summed E-state index contributed by atoms with van der Waals surface area (Å²) in [5.41, 5.74) is -4.56. The molecule has 23 heteroatoms. The number of Topliss-reactive ketones (excluding diaryl/α,β-unsaturated/α-hetero) is 3. The Labute approximate surface area is 452 Å². The molecule has 0 spiro atoms. The zero-order valence-corrected chi connectivity index (χ0v) is 46.2. The summed E-state index contributed by atoms with van der Waals surface area (Å²) in [7, 11) is 3.99. The summed E-state index contributed by atoms with van der Waals surface area (Å²) in [5.74, 6) is -10.2. The fourth-order valence-electron chi connectivity index (χ4n) is 10.9. The highest BCUT2D eigenvalue weighted by Gasteiger charge is 2.72. The number of aliphatic hydroxyl groups excluding tert-OH is 1. The lowest BCUT2D eigenvalue weighted by molar-refractivity contribution is -0.376. The molecule has 4 rings (SSSR count). The van der Waals surface area contributed by atoms with Crippen LogP contribution in [0.4, 0.5) is 31.1 Å². The monoisotopic (exact) mass is 1120 g/mol. The van der Waals surface area contributed by atoms with Crippen LogP contribution < -0.4 is 5.32 Å². The molecule has 15 atom stereocenters. The molecule has 9 unspecified atom stereocenters. The van der Waals surface area contributed by atoms with Gasteiger partial charge in [-0.15, -0.1) is 0 Å². The minimum Gasteiger partial charge on any atom is -0.460 e. The number of fused-ring (bicyclic) bond motifs is 3. The molecule has 78 heavy (non-hydrogen) atoms. The number of ether oxygens (including phenoxy) is 6. The van der Waals surface area contributed by atoms with Gasteiger partial charge in [-0.25, -0.2) is 9.59 Å². The largest absolute Gasteiger partial charge is 0.460 e. The standard InChI is InChI=1S/C55H80F6N2O15/c1-30-16-12-11-13-17-31(2)42(73-8)28-38-21-19-36(7)52(71,78-38)48(67)49(68)63-23-15-14-18-39(63)50(69)76-43(29-40(64)32(3)25-35(6)46(66)47(75-10)45(65)34(5)24-30)33(4)26-37-20-22-41(44(27-37)74-9)77-51(70)62-53(72,54(56,57)58)55(59,60)61/h11-13,16-17,25,30,32-34,36-39,41-44,46-47,66,71-72H,14-15,18-24,26-29H2,1-10H3,(H,62,70)/b13-11+,16-12-,31-17+,35-25+/t30?,32?,33?,34-,36-,37?,38?,39+,41-,42?,43?,44?,46-,47?,52-/m1/s1. The highest BCUT2D eigenvalue weighted by atomic mass is 19.4. The van der Waals surface area contributed by atoms with Crippen LogP contribution >= 0.6 is 0 Å². The normalized spacial score (nSPS) is 36.2. The SMILES string of the molecule is COC1CC2CC[C@@H](C)[C@@](O)(O2)C(=O)C(=O)N2CCCC[C@H]2C(=O)OC(C(C)CC2CC[C@@H](OC(=O)NC(O)(C(F)(F)F)C(F)(F)F)C(OC)C2)CC(=O)C(C)/C=C(\C)[C@@H](O)C(OC)C(=O)[C@H](C)CC(C)\C=C/C=C/C=C/1C. The third kappa shape index (κ3) is 16.5. The molecule has 0 aromatic carbocycles. The summed E-state index contributed by atoms with van der Waals surface area (Å²) in [5, 5.41) is 33.4. The third-order valence-electron chi connectivity index (χ3n) is 15.8. The van der Waals surface area contributed by atoms with E-state index in [0.717, 1.165) is 10.5 Å². The first-order valence-corrected chi connectivity index (χ1v) is 26.7. The second-order valence-corrected chi connectivity index (χ2v) is 21.8. The number of carbonyl (C=O) groups excluding carboxylic acids is 6. The number of aliphatic hydroxyl groups is 3. The molecule has 4 aliphatic rings. The number of nitrogens with one attached hydrogen (secondary N) is 1. The van der Waals surface area contributed by atoms with E-state index in [-0.39, 0.29) is 68.3 Å². The minimum atomic E-state index is -6.36. The fourth-order valence-corrected chi connectivity index (χ4v) is 10.9. The third-order valence-corrected chi connectivity index (χ3v) is 15.8. The first-order chi connectivity index (χ1) is 36.3. The number of piperidine rings is 1. The summed E-state index contributed by atoms with van der Waals surface area (Å²) in [4.78, 5) is 84.6. The lowest BCUT2D eigenvalue weighted by Gasteiger charge is -2.42. The number of rotatable bonds is 8. The van der Waals surface area contributed by atoms with E-state index in [1.807, 2.05) is 44.2 Å². The average molecular weight is 1120 g/mol. The number of cyclic esters (lactones) is 1. The average Bonchev–Trinajstić information content (AvgIpc) is 3.38. The van der Waals surface area contributed by atoms with E-state index in [4.69, 9.17) is 28.4 Å². The van der Waals surface area contributed by atoms with Crippen molar-refractivity contribution in [2.45, 2.75) is 198 Å². The van der Waals surface area contributed by atoms with Crippen molar-refractivity contribution >= 4 is 35.3 Å². The van der Waals surface area contributed by atoms with Crippen LogP contribution in [0.3, 0.4) is 0 Å². The van der Waals surface area contributed by atoms with Crippen LogP contribution in [0, 0.1) is 35.5 Å². The van der Waals surface area contributed by atoms with Crippen LogP contribution in [0.5, 0.6) is 0 Å². The van der Waals surface area contributed by atoms with E-state index in [2.05, 4.69) is 0 Å². The Hall–Kier alpha value is -4.52. The number of amides is 2. The number of esters is 1. The molecule has 0 aromatic rings. The van der Waals surface area contributed by atoms with E-state index in [9.17, 15) is 70.4 Å². The topological polar surface area (TPSA) is 234 Å². The van der Waals surface area contributed by atoms with Gasteiger partial charge in [-0.1, -0.05) is 71.1 Å². The second-order valence-electron chi connectivity index (χ2n) is 21.8. The number of alkyl halides is 6. The molecule has 3 fully saturated rings. The van der Waals surface area contributed by atoms with Crippen molar-refractivity contribution in [3.8, 4) is 0 Å². The smallest absolute Gasteiger partial charge is 0.446 e. The van der Waals surface area contributed by atoms with Crippen LogP contribution in [-0.4, -0.2) is 156 Å². The zero-order valence-electron chi connectivity index (χ0n) is 46.2. The van der Waals surface area contributed by atoms with Gasteiger partial charge in [-0.3, -0.25) is 24.5 Å². The molecule has 442 valence electrons.